The number of carboxylic acid groups (broad SMARTS) is 1. The number of carbonyl (C=O) groups is 2. The Kier molecular flexibility index (Phi) is 7.04. The van der Waals surface area contributed by atoms with Crippen LogP contribution >= 0.6 is 11.6 Å². The second-order valence-corrected chi connectivity index (χ2v) is 6.65. The van der Waals surface area contributed by atoms with Gasteiger partial charge in [0.15, 0.2) is 0 Å². The van der Waals surface area contributed by atoms with Crippen molar-refractivity contribution in [3.8, 4) is 5.75 Å². The molecule has 2 aromatic carbocycles. The van der Waals surface area contributed by atoms with Gasteiger partial charge in [-0.05, 0) is 44.0 Å². The summed E-state index contributed by atoms with van der Waals surface area (Å²) in [5.41, 5.74) is 1.27. The second kappa shape index (κ2) is 9.25. The minimum Gasteiger partial charge on any atom is -0.489 e. The first-order valence-corrected chi connectivity index (χ1v) is 8.75. The van der Waals surface area contributed by atoms with E-state index in [1.54, 1.807) is 12.1 Å². The summed E-state index contributed by atoms with van der Waals surface area (Å²) in [4.78, 5) is 23.8. The standard InChI is InChI=1S/C20H22ClNO4/c1-13(2)26-18-9-8-15(11-17(18)21)19(23)22-12-16(20(24)25)10-14-6-4-3-5-7-14/h3-9,11,13,16H,10,12H2,1-2H3,(H,22,23)(H,24,25). The maximum atomic E-state index is 12.3. The first-order valence-electron chi connectivity index (χ1n) is 8.38. The predicted octanol–water partition coefficient (Wildman–Crippen LogP) is 3.80. The zero-order valence-corrected chi connectivity index (χ0v) is 15.5. The van der Waals surface area contributed by atoms with Gasteiger partial charge in [-0.2, -0.15) is 0 Å². The van der Waals surface area contributed by atoms with E-state index in [1.807, 2.05) is 44.2 Å². The van der Waals surface area contributed by atoms with Crippen molar-refractivity contribution in [1.82, 2.24) is 5.32 Å². The number of hydrogen-bond acceptors (Lipinski definition) is 3. The van der Waals surface area contributed by atoms with Crippen molar-refractivity contribution >= 4 is 23.5 Å². The quantitative estimate of drug-likeness (QED) is 0.735. The van der Waals surface area contributed by atoms with E-state index >= 15 is 0 Å². The molecule has 2 rings (SSSR count). The summed E-state index contributed by atoms with van der Waals surface area (Å²) in [7, 11) is 0. The number of benzene rings is 2. The molecule has 1 amide bonds. The van der Waals surface area contributed by atoms with Crippen LogP contribution in [0.25, 0.3) is 0 Å². The summed E-state index contributed by atoms with van der Waals surface area (Å²) in [6.07, 6.45) is 0.319. The highest BCUT2D eigenvalue weighted by atomic mass is 35.5. The van der Waals surface area contributed by atoms with Gasteiger partial charge in [-0.1, -0.05) is 41.9 Å². The molecule has 0 bridgehead atoms. The lowest BCUT2D eigenvalue weighted by molar-refractivity contribution is -0.141. The van der Waals surface area contributed by atoms with Crippen LogP contribution in [0.5, 0.6) is 5.75 Å². The van der Waals surface area contributed by atoms with E-state index in [9.17, 15) is 14.7 Å². The largest absolute Gasteiger partial charge is 0.489 e. The monoisotopic (exact) mass is 375 g/mol. The van der Waals surface area contributed by atoms with Gasteiger partial charge in [0.05, 0.1) is 17.0 Å². The summed E-state index contributed by atoms with van der Waals surface area (Å²) in [5, 5.41) is 12.4. The average molecular weight is 376 g/mol. The summed E-state index contributed by atoms with van der Waals surface area (Å²) in [6, 6.07) is 14.1. The van der Waals surface area contributed by atoms with Crippen LogP contribution in [0, 0.1) is 5.92 Å². The first kappa shape index (κ1) is 19.8. The van der Waals surface area contributed by atoms with Crippen LogP contribution in [0.3, 0.4) is 0 Å². The van der Waals surface area contributed by atoms with Crippen LogP contribution in [0.4, 0.5) is 0 Å². The third-order valence-electron chi connectivity index (χ3n) is 3.74. The highest BCUT2D eigenvalue weighted by Crippen LogP contribution is 2.26. The van der Waals surface area contributed by atoms with Crippen LogP contribution in [-0.2, 0) is 11.2 Å². The summed E-state index contributed by atoms with van der Waals surface area (Å²) < 4.78 is 5.53. The fraction of sp³-hybridized carbons (Fsp3) is 0.300. The van der Waals surface area contributed by atoms with Crippen molar-refractivity contribution < 1.29 is 19.4 Å². The molecule has 0 saturated heterocycles. The van der Waals surface area contributed by atoms with Crippen LogP contribution in [-0.4, -0.2) is 29.6 Å². The minimum atomic E-state index is -0.951. The smallest absolute Gasteiger partial charge is 0.308 e. The Morgan fingerprint density at radius 3 is 2.42 bits per heavy atom. The molecule has 0 fully saturated rings. The number of ether oxygens (including phenoxy) is 1. The molecule has 0 aromatic heterocycles. The first-order chi connectivity index (χ1) is 12.4. The molecule has 0 aliphatic carbocycles. The zero-order chi connectivity index (χ0) is 19.1. The lowest BCUT2D eigenvalue weighted by Crippen LogP contribution is -2.34. The fourth-order valence-corrected chi connectivity index (χ4v) is 2.68. The molecule has 0 aliphatic rings. The number of halogens is 1. The lowest BCUT2D eigenvalue weighted by atomic mass is 9.99. The van der Waals surface area contributed by atoms with E-state index in [0.717, 1.165) is 5.56 Å². The maximum Gasteiger partial charge on any atom is 0.308 e. The van der Waals surface area contributed by atoms with Crippen molar-refractivity contribution in [2.45, 2.75) is 26.4 Å². The molecule has 0 spiro atoms. The lowest BCUT2D eigenvalue weighted by Gasteiger charge is -2.15. The molecule has 0 heterocycles. The highest BCUT2D eigenvalue weighted by molar-refractivity contribution is 6.32. The molecule has 0 aliphatic heterocycles. The molecule has 5 nitrogen and oxygen atoms in total. The number of aliphatic carboxylic acids is 1. The molecule has 2 aromatic rings. The number of nitrogens with one attached hydrogen (secondary N) is 1. The molecule has 26 heavy (non-hydrogen) atoms. The number of carboxylic acids is 1. The van der Waals surface area contributed by atoms with Crippen LogP contribution < -0.4 is 10.1 Å². The zero-order valence-electron chi connectivity index (χ0n) is 14.7. The highest BCUT2D eigenvalue weighted by Gasteiger charge is 2.19. The Bertz CT molecular complexity index is 762. The van der Waals surface area contributed by atoms with Crippen molar-refractivity contribution in [3.05, 3.63) is 64.7 Å². The topological polar surface area (TPSA) is 75.6 Å². The van der Waals surface area contributed by atoms with E-state index in [2.05, 4.69) is 5.32 Å². The Hall–Kier alpha value is -2.53. The molecular formula is C20H22ClNO4. The Morgan fingerprint density at radius 2 is 1.85 bits per heavy atom. The van der Waals surface area contributed by atoms with E-state index in [0.29, 0.717) is 22.8 Å². The van der Waals surface area contributed by atoms with Crippen molar-refractivity contribution in [2.75, 3.05) is 6.54 Å². The Labute approximate surface area is 157 Å². The van der Waals surface area contributed by atoms with Crippen LogP contribution in [0.2, 0.25) is 5.02 Å². The maximum absolute atomic E-state index is 12.3. The van der Waals surface area contributed by atoms with Gasteiger partial charge in [-0.3, -0.25) is 9.59 Å². The Morgan fingerprint density at radius 1 is 1.15 bits per heavy atom. The fourth-order valence-electron chi connectivity index (χ4n) is 2.45. The number of rotatable bonds is 8. The molecule has 1 atom stereocenters. The third-order valence-corrected chi connectivity index (χ3v) is 4.04. The summed E-state index contributed by atoms with van der Waals surface area (Å²) >= 11 is 6.14. The van der Waals surface area contributed by atoms with Gasteiger partial charge in [0, 0.05) is 12.1 Å². The van der Waals surface area contributed by atoms with Gasteiger partial charge in [0.2, 0.25) is 0 Å². The number of carbonyl (C=O) groups excluding carboxylic acids is 1. The predicted molar refractivity (Wildman–Crippen MR) is 101 cm³/mol. The SMILES string of the molecule is CC(C)Oc1ccc(C(=O)NCC(Cc2ccccc2)C(=O)O)cc1Cl. The van der Waals surface area contributed by atoms with E-state index < -0.39 is 11.9 Å². The van der Waals surface area contributed by atoms with Crippen LogP contribution in [0.15, 0.2) is 48.5 Å². The van der Waals surface area contributed by atoms with Gasteiger partial charge < -0.3 is 15.2 Å². The van der Waals surface area contributed by atoms with Crippen molar-refractivity contribution in [3.63, 3.8) is 0 Å². The minimum absolute atomic E-state index is 0.0264. The van der Waals surface area contributed by atoms with Gasteiger partial charge in [-0.25, -0.2) is 0 Å². The molecule has 2 N–H and O–H groups in total. The number of hydrogen-bond donors (Lipinski definition) is 2. The summed E-state index contributed by atoms with van der Waals surface area (Å²) in [5.74, 6) is -1.53. The van der Waals surface area contributed by atoms with E-state index in [1.165, 1.54) is 6.07 Å². The summed E-state index contributed by atoms with van der Waals surface area (Å²) in [6.45, 7) is 3.80. The molecule has 0 saturated carbocycles. The van der Waals surface area contributed by atoms with Crippen molar-refractivity contribution in [2.24, 2.45) is 5.92 Å². The van der Waals surface area contributed by atoms with E-state index in [4.69, 9.17) is 16.3 Å². The molecule has 6 heteroatoms. The van der Waals surface area contributed by atoms with Gasteiger partial charge in [-0.15, -0.1) is 0 Å². The van der Waals surface area contributed by atoms with Gasteiger partial charge in [0.25, 0.3) is 5.91 Å². The third kappa shape index (κ3) is 5.77. The van der Waals surface area contributed by atoms with Crippen LogP contribution in [0.1, 0.15) is 29.8 Å². The average Bonchev–Trinajstić information content (AvgIpc) is 2.60. The van der Waals surface area contributed by atoms with Gasteiger partial charge in [0.1, 0.15) is 5.75 Å². The molecule has 0 radical (unpaired) electrons. The molecular weight excluding hydrogens is 354 g/mol. The van der Waals surface area contributed by atoms with Gasteiger partial charge >= 0.3 is 5.97 Å². The molecule has 1 unspecified atom stereocenters. The Balaban J connectivity index is 1.99. The second-order valence-electron chi connectivity index (χ2n) is 6.25. The van der Waals surface area contributed by atoms with Crippen molar-refractivity contribution in [1.29, 1.82) is 0 Å². The normalized spacial score (nSPS) is 11.8. The molecule has 138 valence electrons. The van der Waals surface area contributed by atoms with E-state index in [-0.39, 0.29) is 18.6 Å². The number of amides is 1.